The Morgan fingerprint density at radius 3 is 2.70 bits per heavy atom. The molecule has 2 heterocycles. The van der Waals surface area contributed by atoms with Crippen molar-refractivity contribution in [3.8, 4) is 23.2 Å². The van der Waals surface area contributed by atoms with E-state index >= 15 is 0 Å². The van der Waals surface area contributed by atoms with E-state index in [1.54, 1.807) is 54.3 Å². The number of fused-ring (bicyclic) bond motifs is 3. The molecule has 1 aliphatic rings. The standard InChI is InChI=1S/C21H16ClN5O2S/c1-3-17(28)27-16-9-8-14(22)10-15(16)18-19(24-21(30-2)26-25-18)29-20(27)13-6-4-12(11-23)5-7-13/h4-10,20H,3H2,1-2H3/t20-/m1/s1. The number of hydrogen-bond donors (Lipinski definition) is 0. The average Bonchev–Trinajstić information content (AvgIpc) is 2.92. The number of carbonyl (C=O) groups is 1. The molecule has 0 spiro atoms. The molecule has 2 aromatic carbocycles. The largest absolute Gasteiger partial charge is 0.447 e. The van der Waals surface area contributed by atoms with E-state index < -0.39 is 6.23 Å². The Morgan fingerprint density at radius 2 is 2.03 bits per heavy atom. The predicted octanol–water partition coefficient (Wildman–Crippen LogP) is 4.62. The van der Waals surface area contributed by atoms with Crippen molar-refractivity contribution in [3.05, 3.63) is 58.6 Å². The summed E-state index contributed by atoms with van der Waals surface area (Å²) >= 11 is 7.59. The zero-order valence-corrected chi connectivity index (χ0v) is 17.7. The van der Waals surface area contributed by atoms with Crippen molar-refractivity contribution < 1.29 is 9.53 Å². The molecule has 9 heteroatoms. The fourth-order valence-corrected chi connectivity index (χ4v) is 3.67. The Hall–Kier alpha value is -3.15. The number of rotatable bonds is 3. The van der Waals surface area contributed by atoms with E-state index in [1.807, 2.05) is 6.26 Å². The van der Waals surface area contributed by atoms with Gasteiger partial charge in [0.25, 0.3) is 0 Å². The molecule has 150 valence electrons. The Labute approximate surface area is 182 Å². The molecule has 0 saturated carbocycles. The average molecular weight is 438 g/mol. The van der Waals surface area contributed by atoms with Crippen molar-refractivity contribution in [2.24, 2.45) is 0 Å². The minimum absolute atomic E-state index is 0.140. The molecule has 3 aromatic rings. The Bertz CT molecular complexity index is 1160. The quantitative estimate of drug-likeness (QED) is 0.552. The number of nitrogens with zero attached hydrogens (tertiary/aromatic N) is 5. The van der Waals surface area contributed by atoms with Gasteiger partial charge in [0.05, 0.1) is 17.3 Å². The highest BCUT2D eigenvalue weighted by atomic mass is 35.5. The normalized spacial score (nSPS) is 14.7. The Balaban J connectivity index is 1.97. The number of nitriles is 1. The minimum atomic E-state index is -0.794. The molecule has 1 aromatic heterocycles. The zero-order valence-electron chi connectivity index (χ0n) is 16.2. The summed E-state index contributed by atoms with van der Waals surface area (Å²) < 4.78 is 6.27. The van der Waals surface area contributed by atoms with Crippen molar-refractivity contribution >= 4 is 35.0 Å². The van der Waals surface area contributed by atoms with Crippen LogP contribution in [0, 0.1) is 11.3 Å². The SMILES string of the molecule is CCC(=O)N1c2ccc(Cl)cc2-c2nnc(SC)nc2O[C@@H]1c1ccc(C#N)cc1. The molecule has 1 aliphatic heterocycles. The number of halogens is 1. The lowest BCUT2D eigenvalue weighted by molar-refractivity contribution is -0.120. The minimum Gasteiger partial charge on any atom is -0.447 e. The lowest BCUT2D eigenvalue weighted by atomic mass is 10.1. The lowest BCUT2D eigenvalue weighted by Crippen LogP contribution is -2.37. The predicted molar refractivity (Wildman–Crippen MR) is 114 cm³/mol. The molecule has 0 bridgehead atoms. The van der Waals surface area contributed by atoms with E-state index in [0.29, 0.717) is 38.3 Å². The fourth-order valence-electron chi connectivity index (χ4n) is 3.20. The van der Waals surface area contributed by atoms with Crippen LogP contribution in [0.4, 0.5) is 5.69 Å². The van der Waals surface area contributed by atoms with Gasteiger partial charge < -0.3 is 4.74 Å². The highest BCUT2D eigenvalue weighted by Gasteiger charge is 2.35. The van der Waals surface area contributed by atoms with Gasteiger partial charge in [0.1, 0.15) is 0 Å². The zero-order chi connectivity index (χ0) is 21.3. The molecule has 4 rings (SSSR count). The lowest BCUT2D eigenvalue weighted by Gasteiger charge is -2.30. The van der Waals surface area contributed by atoms with Crippen LogP contribution in [0.1, 0.15) is 30.7 Å². The van der Waals surface area contributed by atoms with Gasteiger partial charge in [0.15, 0.2) is 5.69 Å². The Morgan fingerprint density at radius 1 is 1.27 bits per heavy atom. The van der Waals surface area contributed by atoms with Gasteiger partial charge in [-0.1, -0.05) is 42.4 Å². The third-order valence-corrected chi connectivity index (χ3v) is 5.42. The number of anilines is 1. The van der Waals surface area contributed by atoms with Crippen molar-refractivity contribution in [1.82, 2.24) is 15.2 Å². The van der Waals surface area contributed by atoms with Crippen LogP contribution < -0.4 is 9.64 Å². The second-order valence-corrected chi connectivity index (χ2v) is 7.64. The molecular weight excluding hydrogens is 422 g/mol. The molecule has 0 unspecified atom stereocenters. The van der Waals surface area contributed by atoms with E-state index in [9.17, 15) is 4.79 Å². The second kappa shape index (κ2) is 8.30. The monoisotopic (exact) mass is 437 g/mol. The summed E-state index contributed by atoms with van der Waals surface area (Å²) in [4.78, 5) is 19.1. The first-order valence-electron chi connectivity index (χ1n) is 9.13. The summed E-state index contributed by atoms with van der Waals surface area (Å²) in [6.45, 7) is 1.79. The Kier molecular flexibility index (Phi) is 5.57. The third kappa shape index (κ3) is 3.58. The maximum absolute atomic E-state index is 13.0. The summed E-state index contributed by atoms with van der Waals surface area (Å²) in [5.74, 6) is 0.123. The summed E-state index contributed by atoms with van der Waals surface area (Å²) in [5, 5.41) is 18.5. The molecule has 0 N–H and O–H groups in total. The maximum Gasteiger partial charge on any atom is 0.247 e. The van der Waals surface area contributed by atoms with Crippen LogP contribution in [-0.4, -0.2) is 27.3 Å². The van der Waals surface area contributed by atoms with Gasteiger partial charge in [-0.25, -0.2) is 0 Å². The van der Waals surface area contributed by atoms with Crippen molar-refractivity contribution in [1.29, 1.82) is 5.26 Å². The molecule has 7 nitrogen and oxygen atoms in total. The van der Waals surface area contributed by atoms with Gasteiger partial charge in [-0.2, -0.15) is 10.2 Å². The number of thioether (sulfide) groups is 1. The fraction of sp³-hybridized carbons (Fsp3) is 0.190. The van der Waals surface area contributed by atoms with Crippen molar-refractivity contribution in [3.63, 3.8) is 0 Å². The van der Waals surface area contributed by atoms with Crippen LogP contribution in [0.2, 0.25) is 5.02 Å². The number of ether oxygens (including phenoxy) is 1. The molecule has 0 saturated heterocycles. The molecule has 30 heavy (non-hydrogen) atoms. The van der Waals surface area contributed by atoms with E-state index in [0.717, 1.165) is 0 Å². The first-order valence-corrected chi connectivity index (χ1v) is 10.7. The van der Waals surface area contributed by atoms with Crippen LogP contribution >= 0.6 is 23.4 Å². The molecule has 1 amide bonds. The number of aromatic nitrogens is 3. The topological polar surface area (TPSA) is 92.0 Å². The highest BCUT2D eigenvalue weighted by Crippen LogP contribution is 2.44. The first kappa shape index (κ1) is 20.1. The molecule has 0 aliphatic carbocycles. The second-order valence-electron chi connectivity index (χ2n) is 6.44. The molecular formula is C21H16ClN5O2S. The van der Waals surface area contributed by atoms with E-state index in [-0.39, 0.29) is 18.2 Å². The number of benzene rings is 2. The van der Waals surface area contributed by atoms with Crippen LogP contribution in [0.5, 0.6) is 5.88 Å². The van der Waals surface area contributed by atoms with Gasteiger partial charge in [-0.3, -0.25) is 9.69 Å². The van der Waals surface area contributed by atoms with E-state index in [2.05, 4.69) is 21.3 Å². The third-order valence-electron chi connectivity index (χ3n) is 4.64. The van der Waals surface area contributed by atoms with Crippen LogP contribution in [0.25, 0.3) is 11.3 Å². The van der Waals surface area contributed by atoms with E-state index in [4.69, 9.17) is 21.6 Å². The van der Waals surface area contributed by atoms with Gasteiger partial charge >= 0.3 is 0 Å². The number of hydrogen-bond acceptors (Lipinski definition) is 7. The molecule has 0 fully saturated rings. The van der Waals surface area contributed by atoms with Crippen molar-refractivity contribution in [2.75, 3.05) is 11.2 Å². The van der Waals surface area contributed by atoms with Crippen LogP contribution in [0.3, 0.4) is 0 Å². The van der Waals surface area contributed by atoms with Crippen LogP contribution in [0.15, 0.2) is 47.6 Å². The molecule has 0 radical (unpaired) electrons. The van der Waals surface area contributed by atoms with E-state index in [1.165, 1.54) is 11.8 Å². The first-order chi connectivity index (χ1) is 14.5. The number of carbonyl (C=O) groups excluding carboxylic acids is 1. The van der Waals surface area contributed by atoms with Crippen molar-refractivity contribution in [2.45, 2.75) is 24.7 Å². The van der Waals surface area contributed by atoms with Gasteiger partial charge in [0, 0.05) is 22.6 Å². The maximum atomic E-state index is 13.0. The summed E-state index contributed by atoms with van der Waals surface area (Å²) in [6.07, 6.45) is 1.32. The highest BCUT2D eigenvalue weighted by molar-refractivity contribution is 7.98. The summed E-state index contributed by atoms with van der Waals surface area (Å²) in [5.41, 5.74) is 2.85. The smallest absolute Gasteiger partial charge is 0.247 e. The summed E-state index contributed by atoms with van der Waals surface area (Å²) in [7, 11) is 0. The molecule has 1 atom stereocenters. The number of amides is 1. The van der Waals surface area contributed by atoms with Crippen LogP contribution in [-0.2, 0) is 4.79 Å². The summed E-state index contributed by atoms with van der Waals surface area (Å²) in [6, 6.07) is 14.2. The van der Waals surface area contributed by atoms with Gasteiger partial charge in [-0.15, -0.1) is 10.2 Å². The van der Waals surface area contributed by atoms with Gasteiger partial charge in [-0.05, 0) is 36.6 Å². The van der Waals surface area contributed by atoms with Gasteiger partial charge in [0.2, 0.25) is 23.2 Å².